The number of hydrogen-bond acceptors (Lipinski definition) is 4. The molecule has 1 aliphatic heterocycles. The molecule has 0 atom stereocenters. The van der Waals surface area contributed by atoms with E-state index in [-0.39, 0.29) is 18.7 Å². The maximum atomic E-state index is 13.5. The predicted octanol–water partition coefficient (Wildman–Crippen LogP) is 0.0229. The summed E-state index contributed by atoms with van der Waals surface area (Å²) in [7, 11) is -3.69. The van der Waals surface area contributed by atoms with Gasteiger partial charge in [0, 0.05) is 26.2 Å². The fourth-order valence-corrected chi connectivity index (χ4v) is 2.74. The molecular formula is C11H13FN4O2S. The van der Waals surface area contributed by atoms with Gasteiger partial charge in [0.2, 0.25) is 0 Å². The second-order valence-electron chi connectivity index (χ2n) is 4.18. The molecule has 2 rings (SSSR count). The molecule has 0 aromatic heterocycles. The van der Waals surface area contributed by atoms with Crippen molar-refractivity contribution in [2.75, 3.05) is 31.1 Å². The maximum absolute atomic E-state index is 13.5. The van der Waals surface area contributed by atoms with Gasteiger partial charge in [0.25, 0.3) is 10.2 Å². The van der Waals surface area contributed by atoms with Crippen LogP contribution in [0, 0.1) is 17.1 Å². The zero-order valence-electron chi connectivity index (χ0n) is 10.1. The van der Waals surface area contributed by atoms with Crippen LogP contribution in [-0.2, 0) is 10.2 Å². The van der Waals surface area contributed by atoms with Gasteiger partial charge in [-0.3, -0.25) is 0 Å². The highest BCUT2D eigenvalue weighted by Gasteiger charge is 2.25. The number of nitrogens with zero attached hydrogens (tertiary/aromatic N) is 3. The first-order valence-electron chi connectivity index (χ1n) is 5.65. The molecule has 0 spiro atoms. The molecule has 0 aliphatic carbocycles. The van der Waals surface area contributed by atoms with Gasteiger partial charge in [0.05, 0.1) is 5.69 Å². The van der Waals surface area contributed by atoms with Crippen molar-refractivity contribution in [3.8, 4) is 6.07 Å². The Labute approximate surface area is 111 Å². The molecule has 1 fully saturated rings. The lowest BCUT2D eigenvalue weighted by Crippen LogP contribution is -2.50. The average molecular weight is 284 g/mol. The first-order valence-corrected chi connectivity index (χ1v) is 7.15. The van der Waals surface area contributed by atoms with Crippen LogP contribution in [0.5, 0.6) is 0 Å². The molecule has 0 bridgehead atoms. The molecule has 1 aromatic rings. The zero-order valence-corrected chi connectivity index (χ0v) is 10.9. The Hall–Kier alpha value is -1.69. The molecule has 6 nitrogen and oxygen atoms in total. The van der Waals surface area contributed by atoms with E-state index in [1.54, 1.807) is 11.0 Å². The average Bonchev–Trinajstić information content (AvgIpc) is 2.37. The highest BCUT2D eigenvalue weighted by Crippen LogP contribution is 2.23. The monoisotopic (exact) mass is 284 g/mol. The molecule has 1 aliphatic rings. The van der Waals surface area contributed by atoms with E-state index in [1.807, 2.05) is 6.07 Å². The highest BCUT2D eigenvalue weighted by molar-refractivity contribution is 7.86. The normalized spacial score (nSPS) is 17.2. The van der Waals surface area contributed by atoms with Crippen molar-refractivity contribution in [2.45, 2.75) is 0 Å². The fraction of sp³-hybridized carbons (Fsp3) is 0.364. The third-order valence-corrected chi connectivity index (χ3v) is 4.13. The van der Waals surface area contributed by atoms with E-state index < -0.39 is 16.0 Å². The predicted molar refractivity (Wildman–Crippen MR) is 68.0 cm³/mol. The van der Waals surface area contributed by atoms with Crippen LogP contribution in [0.1, 0.15) is 5.56 Å². The summed E-state index contributed by atoms with van der Waals surface area (Å²) < 4.78 is 37.0. The number of nitrogens with two attached hydrogens (primary N) is 1. The van der Waals surface area contributed by atoms with Crippen LogP contribution in [0.3, 0.4) is 0 Å². The van der Waals surface area contributed by atoms with Crippen molar-refractivity contribution in [1.29, 1.82) is 5.26 Å². The summed E-state index contributed by atoms with van der Waals surface area (Å²) in [6.07, 6.45) is 0. The van der Waals surface area contributed by atoms with E-state index in [2.05, 4.69) is 0 Å². The lowest BCUT2D eigenvalue weighted by Gasteiger charge is -2.34. The molecule has 8 heteroatoms. The standard InChI is InChI=1S/C11H13FN4O2S/c12-10-2-1-3-11(9(10)8-13)15-4-6-16(7-5-15)19(14,17)18/h1-3H,4-7H2,(H2,14,17,18). The van der Waals surface area contributed by atoms with Crippen LogP contribution < -0.4 is 10.0 Å². The van der Waals surface area contributed by atoms with Gasteiger partial charge >= 0.3 is 0 Å². The van der Waals surface area contributed by atoms with E-state index in [0.717, 1.165) is 4.31 Å². The first-order chi connectivity index (χ1) is 8.93. The molecule has 0 unspecified atom stereocenters. The van der Waals surface area contributed by atoms with E-state index in [4.69, 9.17) is 10.4 Å². The second-order valence-corrected chi connectivity index (χ2v) is 5.72. The number of anilines is 1. The number of benzene rings is 1. The number of rotatable bonds is 2. The Morgan fingerprint density at radius 1 is 1.26 bits per heavy atom. The molecule has 0 saturated carbocycles. The smallest absolute Gasteiger partial charge is 0.277 e. The van der Waals surface area contributed by atoms with Gasteiger partial charge in [0.15, 0.2) is 0 Å². The lowest BCUT2D eigenvalue weighted by atomic mass is 10.1. The van der Waals surface area contributed by atoms with Gasteiger partial charge in [-0.2, -0.15) is 18.0 Å². The third-order valence-electron chi connectivity index (χ3n) is 3.04. The summed E-state index contributed by atoms with van der Waals surface area (Å²) >= 11 is 0. The van der Waals surface area contributed by atoms with Gasteiger partial charge in [0.1, 0.15) is 17.4 Å². The number of nitriles is 1. The third kappa shape index (κ3) is 2.84. The molecule has 1 aromatic carbocycles. The van der Waals surface area contributed by atoms with Crippen LogP contribution in [0.2, 0.25) is 0 Å². The minimum Gasteiger partial charge on any atom is -0.368 e. The summed E-state index contributed by atoms with van der Waals surface area (Å²) in [5.41, 5.74) is 0.461. The van der Waals surface area contributed by atoms with Crippen LogP contribution in [0.15, 0.2) is 18.2 Å². The number of halogens is 1. The Bertz CT molecular complexity index is 618. The topological polar surface area (TPSA) is 90.4 Å². The van der Waals surface area contributed by atoms with Crippen molar-refractivity contribution in [1.82, 2.24) is 4.31 Å². The molecule has 2 N–H and O–H groups in total. The molecule has 102 valence electrons. The lowest BCUT2D eigenvalue weighted by molar-refractivity contribution is 0.385. The summed E-state index contributed by atoms with van der Waals surface area (Å²) in [6, 6.07) is 6.23. The van der Waals surface area contributed by atoms with Gasteiger partial charge in [-0.1, -0.05) is 6.07 Å². The van der Waals surface area contributed by atoms with Crippen LogP contribution >= 0.6 is 0 Å². The van der Waals surface area contributed by atoms with Gasteiger partial charge < -0.3 is 4.90 Å². The molecule has 1 heterocycles. The Kier molecular flexibility index (Phi) is 3.71. The van der Waals surface area contributed by atoms with E-state index in [0.29, 0.717) is 18.8 Å². The Morgan fingerprint density at radius 2 is 1.89 bits per heavy atom. The highest BCUT2D eigenvalue weighted by atomic mass is 32.2. The van der Waals surface area contributed by atoms with Crippen LogP contribution in [0.25, 0.3) is 0 Å². The molecule has 0 radical (unpaired) electrons. The first kappa shape index (κ1) is 13.7. The SMILES string of the molecule is N#Cc1c(F)cccc1N1CCN(S(N)(=O)=O)CC1. The molecular weight excluding hydrogens is 271 g/mol. The Balaban J connectivity index is 2.19. The van der Waals surface area contributed by atoms with Crippen molar-refractivity contribution >= 4 is 15.9 Å². The van der Waals surface area contributed by atoms with Crippen LogP contribution in [0.4, 0.5) is 10.1 Å². The fourth-order valence-electron chi connectivity index (χ4n) is 2.07. The summed E-state index contributed by atoms with van der Waals surface area (Å²) in [6.45, 7) is 1.18. The number of hydrogen-bond donors (Lipinski definition) is 1. The van der Waals surface area contributed by atoms with Crippen molar-refractivity contribution < 1.29 is 12.8 Å². The summed E-state index contributed by atoms with van der Waals surface area (Å²) in [5.74, 6) is -0.575. The Morgan fingerprint density at radius 3 is 2.42 bits per heavy atom. The van der Waals surface area contributed by atoms with E-state index in [1.165, 1.54) is 12.1 Å². The molecule has 19 heavy (non-hydrogen) atoms. The van der Waals surface area contributed by atoms with Gasteiger partial charge in [-0.15, -0.1) is 0 Å². The minimum atomic E-state index is -3.69. The van der Waals surface area contributed by atoms with Crippen LogP contribution in [-0.4, -0.2) is 38.9 Å². The van der Waals surface area contributed by atoms with Crippen molar-refractivity contribution in [2.24, 2.45) is 5.14 Å². The largest absolute Gasteiger partial charge is 0.368 e. The molecule has 1 saturated heterocycles. The number of piperazine rings is 1. The summed E-state index contributed by atoms with van der Waals surface area (Å²) in [5, 5.41) is 14.0. The quantitative estimate of drug-likeness (QED) is 0.829. The van der Waals surface area contributed by atoms with Crippen molar-refractivity contribution in [3.05, 3.63) is 29.6 Å². The molecule has 0 amide bonds. The summed E-state index contributed by atoms with van der Waals surface area (Å²) in [4.78, 5) is 1.78. The second kappa shape index (κ2) is 5.13. The van der Waals surface area contributed by atoms with Gasteiger partial charge in [-0.05, 0) is 12.1 Å². The van der Waals surface area contributed by atoms with Gasteiger partial charge in [-0.25, -0.2) is 9.53 Å². The van der Waals surface area contributed by atoms with Crippen molar-refractivity contribution in [3.63, 3.8) is 0 Å². The van der Waals surface area contributed by atoms with E-state index >= 15 is 0 Å². The maximum Gasteiger partial charge on any atom is 0.277 e. The minimum absolute atomic E-state index is 0.0217. The zero-order chi connectivity index (χ0) is 14.0. The van der Waals surface area contributed by atoms with E-state index in [9.17, 15) is 12.8 Å².